The molecule has 0 spiro atoms. The summed E-state index contributed by atoms with van der Waals surface area (Å²) in [6.07, 6.45) is 1.68. The molecule has 17 heavy (non-hydrogen) atoms. The molecule has 0 bridgehead atoms. The molecule has 0 unspecified atom stereocenters. The molecule has 1 aromatic carbocycles. The molecule has 0 amide bonds. The Kier molecular flexibility index (Phi) is 3.28. The van der Waals surface area contributed by atoms with E-state index in [4.69, 9.17) is 4.74 Å². The van der Waals surface area contributed by atoms with E-state index < -0.39 is 5.97 Å². The van der Waals surface area contributed by atoms with Gasteiger partial charge in [0, 0.05) is 4.47 Å². The third-order valence-corrected chi connectivity index (χ3v) is 2.74. The Hall–Kier alpha value is -1.62. The number of halogens is 1. The van der Waals surface area contributed by atoms with E-state index in [2.05, 4.69) is 25.7 Å². The molecule has 0 radical (unpaired) electrons. The number of fused-ring (bicyclic) bond motifs is 1. The van der Waals surface area contributed by atoms with Gasteiger partial charge in [-0.2, -0.15) is 0 Å². The van der Waals surface area contributed by atoms with Crippen molar-refractivity contribution in [3.63, 3.8) is 0 Å². The zero-order valence-corrected chi connectivity index (χ0v) is 10.9. The number of nitrogens with zero attached hydrogens (tertiary/aromatic N) is 1. The molecule has 88 valence electrons. The fraction of sp³-hybridized carbons (Fsp3) is 0.167. The molecule has 0 atom stereocenters. The number of benzene rings is 1. The molecule has 1 aliphatic heterocycles. The molecule has 0 aliphatic carbocycles. The van der Waals surface area contributed by atoms with Crippen molar-refractivity contribution >= 4 is 33.3 Å². The van der Waals surface area contributed by atoms with E-state index >= 15 is 0 Å². The predicted octanol–water partition coefficient (Wildman–Crippen LogP) is 2.99. The van der Waals surface area contributed by atoms with Gasteiger partial charge >= 0.3 is 5.97 Å². The fourth-order valence-electron chi connectivity index (χ4n) is 1.45. The molecule has 1 aliphatic rings. The first-order valence-electron chi connectivity index (χ1n) is 4.96. The lowest BCUT2D eigenvalue weighted by Gasteiger charge is -2.18. The van der Waals surface area contributed by atoms with E-state index in [0.717, 1.165) is 4.47 Å². The lowest BCUT2D eigenvalue weighted by molar-refractivity contribution is -0.132. The van der Waals surface area contributed by atoms with E-state index in [0.29, 0.717) is 17.2 Å². The summed E-state index contributed by atoms with van der Waals surface area (Å²) in [6.45, 7) is 1.78. The molecule has 5 heteroatoms. The second-order valence-electron chi connectivity index (χ2n) is 3.32. The van der Waals surface area contributed by atoms with Gasteiger partial charge in [0.25, 0.3) is 0 Å². The van der Waals surface area contributed by atoms with Crippen LogP contribution < -0.4 is 4.74 Å². The summed E-state index contributed by atoms with van der Waals surface area (Å²) < 4.78 is 11.1. The van der Waals surface area contributed by atoms with Crippen molar-refractivity contribution in [3.05, 3.63) is 34.5 Å². The number of rotatable bonds is 1. The van der Waals surface area contributed by atoms with Crippen LogP contribution in [0, 0.1) is 0 Å². The van der Waals surface area contributed by atoms with Crippen LogP contribution in [0.3, 0.4) is 0 Å². The van der Waals surface area contributed by atoms with Crippen LogP contribution >= 0.6 is 15.9 Å². The van der Waals surface area contributed by atoms with Gasteiger partial charge in [-0.15, -0.1) is 0 Å². The highest BCUT2D eigenvalue weighted by Crippen LogP contribution is 2.36. The monoisotopic (exact) mass is 295 g/mol. The third-order valence-electron chi connectivity index (χ3n) is 2.25. The maximum absolute atomic E-state index is 11.5. The number of esters is 1. The summed E-state index contributed by atoms with van der Waals surface area (Å²) in [7, 11) is 1.31. The number of methoxy groups -OCH3 is 1. The molecule has 4 nitrogen and oxygen atoms in total. The van der Waals surface area contributed by atoms with Crippen LogP contribution in [0.4, 0.5) is 5.69 Å². The van der Waals surface area contributed by atoms with Gasteiger partial charge in [0.05, 0.1) is 7.11 Å². The van der Waals surface area contributed by atoms with Crippen molar-refractivity contribution in [2.45, 2.75) is 6.92 Å². The Morgan fingerprint density at radius 1 is 1.53 bits per heavy atom. The molecule has 1 aromatic rings. The average molecular weight is 296 g/mol. The highest BCUT2D eigenvalue weighted by Gasteiger charge is 2.24. The summed E-state index contributed by atoms with van der Waals surface area (Å²) in [5.41, 5.74) is 0.783. The van der Waals surface area contributed by atoms with Gasteiger partial charge < -0.3 is 9.47 Å². The van der Waals surface area contributed by atoms with E-state index in [1.165, 1.54) is 7.11 Å². The van der Waals surface area contributed by atoms with Crippen LogP contribution in [0.5, 0.6) is 5.75 Å². The zero-order chi connectivity index (χ0) is 12.4. The summed E-state index contributed by atoms with van der Waals surface area (Å²) in [4.78, 5) is 15.8. The largest absolute Gasteiger partial charge is 0.464 e. The Balaban J connectivity index is 2.54. The number of hydrogen-bond acceptors (Lipinski definition) is 4. The van der Waals surface area contributed by atoms with Gasteiger partial charge in [-0.25, -0.2) is 9.79 Å². The van der Waals surface area contributed by atoms with Crippen molar-refractivity contribution in [2.24, 2.45) is 4.99 Å². The summed E-state index contributed by atoms with van der Waals surface area (Å²) in [5.74, 6) is 0.518. The molecule has 0 aromatic heterocycles. The van der Waals surface area contributed by atoms with Gasteiger partial charge in [-0.1, -0.05) is 15.9 Å². The number of aliphatic imine (C=N–C) groups is 1. The maximum Gasteiger partial charge on any atom is 0.360 e. The summed E-state index contributed by atoms with van der Waals surface area (Å²) in [6, 6.07) is 5.43. The Labute approximate surface area is 107 Å². The number of hydrogen-bond donors (Lipinski definition) is 0. The van der Waals surface area contributed by atoms with Gasteiger partial charge in [0.2, 0.25) is 0 Å². The second-order valence-corrected chi connectivity index (χ2v) is 4.23. The Morgan fingerprint density at radius 3 is 2.94 bits per heavy atom. The number of carbonyl (C=O) groups is 1. The SMILES string of the molecule is C/C=C1/Oc2ccc(Br)cc2N=C1C(=O)OC. The number of allylic oxidation sites excluding steroid dienone is 1. The minimum Gasteiger partial charge on any atom is -0.464 e. The van der Waals surface area contributed by atoms with E-state index in [9.17, 15) is 4.79 Å². The highest BCUT2D eigenvalue weighted by molar-refractivity contribution is 9.10. The second kappa shape index (κ2) is 4.71. The fourth-order valence-corrected chi connectivity index (χ4v) is 1.79. The number of ether oxygens (including phenoxy) is 2. The van der Waals surface area contributed by atoms with E-state index in [1.807, 2.05) is 6.07 Å². The van der Waals surface area contributed by atoms with E-state index in [-0.39, 0.29) is 5.71 Å². The third kappa shape index (κ3) is 2.24. The van der Waals surface area contributed by atoms with Crippen LogP contribution in [0.2, 0.25) is 0 Å². The smallest absolute Gasteiger partial charge is 0.360 e. The molecular weight excluding hydrogens is 286 g/mol. The Bertz CT molecular complexity index is 535. The van der Waals surface area contributed by atoms with Crippen molar-refractivity contribution in [1.82, 2.24) is 0 Å². The maximum atomic E-state index is 11.5. The first-order valence-corrected chi connectivity index (χ1v) is 5.76. The normalized spacial score (nSPS) is 15.9. The van der Waals surface area contributed by atoms with Gasteiger partial charge in [0.1, 0.15) is 5.69 Å². The molecular formula is C12H10BrNO3. The Morgan fingerprint density at radius 2 is 2.29 bits per heavy atom. The zero-order valence-electron chi connectivity index (χ0n) is 9.36. The lowest BCUT2D eigenvalue weighted by Crippen LogP contribution is -2.23. The van der Waals surface area contributed by atoms with Gasteiger partial charge in [-0.3, -0.25) is 0 Å². The first kappa shape index (κ1) is 11.9. The minimum absolute atomic E-state index is 0.181. The van der Waals surface area contributed by atoms with Crippen molar-refractivity contribution in [3.8, 4) is 5.75 Å². The standard InChI is InChI=1S/C12H10BrNO3/c1-3-9-11(12(15)16-2)14-8-6-7(13)4-5-10(8)17-9/h3-6H,1-2H3/b9-3+. The molecule has 0 saturated heterocycles. The highest BCUT2D eigenvalue weighted by atomic mass is 79.9. The molecule has 2 rings (SSSR count). The number of carbonyl (C=O) groups excluding carboxylic acids is 1. The average Bonchev–Trinajstić information content (AvgIpc) is 2.36. The van der Waals surface area contributed by atoms with Crippen LogP contribution in [-0.2, 0) is 9.53 Å². The molecule has 1 heterocycles. The van der Waals surface area contributed by atoms with Crippen LogP contribution in [-0.4, -0.2) is 18.8 Å². The van der Waals surface area contributed by atoms with E-state index in [1.54, 1.807) is 25.1 Å². The van der Waals surface area contributed by atoms with Crippen molar-refractivity contribution in [1.29, 1.82) is 0 Å². The van der Waals surface area contributed by atoms with Crippen molar-refractivity contribution < 1.29 is 14.3 Å². The van der Waals surface area contributed by atoms with Crippen molar-refractivity contribution in [2.75, 3.05) is 7.11 Å². The topological polar surface area (TPSA) is 47.9 Å². The molecule has 0 N–H and O–H groups in total. The van der Waals surface area contributed by atoms with Gasteiger partial charge in [0.15, 0.2) is 17.2 Å². The van der Waals surface area contributed by atoms with Crippen LogP contribution in [0.15, 0.2) is 39.5 Å². The summed E-state index contributed by atoms with van der Waals surface area (Å²) >= 11 is 3.34. The minimum atomic E-state index is -0.510. The van der Waals surface area contributed by atoms with Crippen LogP contribution in [0.1, 0.15) is 6.92 Å². The predicted molar refractivity (Wildman–Crippen MR) is 67.6 cm³/mol. The van der Waals surface area contributed by atoms with Gasteiger partial charge in [-0.05, 0) is 31.2 Å². The summed E-state index contributed by atoms with van der Waals surface area (Å²) in [5, 5.41) is 0. The van der Waals surface area contributed by atoms with Crippen LogP contribution in [0.25, 0.3) is 0 Å². The lowest BCUT2D eigenvalue weighted by atomic mass is 10.2. The molecule has 0 fully saturated rings. The quantitative estimate of drug-likeness (QED) is 0.748. The first-order chi connectivity index (χ1) is 8.15. The molecule has 0 saturated carbocycles.